The van der Waals surface area contributed by atoms with Crippen LogP contribution >= 0.6 is 23.2 Å². The maximum Gasteiger partial charge on any atom is 0.305 e. The predicted molar refractivity (Wildman–Crippen MR) is 106 cm³/mol. The molecule has 0 saturated heterocycles. The van der Waals surface area contributed by atoms with E-state index in [4.69, 9.17) is 32.7 Å². The molecule has 0 aliphatic rings. The van der Waals surface area contributed by atoms with Gasteiger partial charge in [0.15, 0.2) is 0 Å². The third-order valence-corrected chi connectivity index (χ3v) is 4.40. The van der Waals surface area contributed by atoms with Crippen LogP contribution in [-0.2, 0) is 31.9 Å². The van der Waals surface area contributed by atoms with E-state index < -0.39 is 0 Å². The standard InChI is InChI=1S/C21H22Cl2O4/c22-18-8-4-16(5-9-18)12-14-26-20(24)2-1-3-21(25)27-15-13-17-6-10-19(23)11-7-17/h4-11H,1-3,12-15H2. The molecular formula is C21H22Cl2O4. The third-order valence-electron chi connectivity index (χ3n) is 3.90. The number of hydrogen-bond acceptors (Lipinski definition) is 4. The van der Waals surface area contributed by atoms with Crippen LogP contribution in [0.4, 0.5) is 0 Å². The summed E-state index contributed by atoms with van der Waals surface area (Å²) < 4.78 is 10.3. The van der Waals surface area contributed by atoms with Crippen LogP contribution in [0.1, 0.15) is 30.4 Å². The van der Waals surface area contributed by atoms with Crippen LogP contribution in [0.3, 0.4) is 0 Å². The van der Waals surface area contributed by atoms with Crippen LogP contribution < -0.4 is 0 Å². The van der Waals surface area contributed by atoms with Crippen molar-refractivity contribution >= 4 is 35.1 Å². The fourth-order valence-corrected chi connectivity index (χ4v) is 2.64. The van der Waals surface area contributed by atoms with Crippen molar-refractivity contribution in [3.63, 3.8) is 0 Å². The van der Waals surface area contributed by atoms with Gasteiger partial charge in [0.25, 0.3) is 0 Å². The molecule has 0 atom stereocenters. The van der Waals surface area contributed by atoms with Gasteiger partial charge in [-0.2, -0.15) is 0 Å². The Morgan fingerprint density at radius 3 is 1.41 bits per heavy atom. The Morgan fingerprint density at radius 2 is 1.04 bits per heavy atom. The highest BCUT2D eigenvalue weighted by Gasteiger charge is 2.08. The first kappa shape index (κ1) is 21.3. The van der Waals surface area contributed by atoms with Gasteiger partial charge in [0.1, 0.15) is 0 Å². The van der Waals surface area contributed by atoms with E-state index in [0.717, 1.165) is 11.1 Å². The summed E-state index contributed by atoms with van der Waals surface area (Å²) >= 11 is 11.6. The summed E-state index contributed by atoms with van der Waals surface area (Å²) in [7, 11) is 0. The zero-order valence-electron chi connectivity index (χ0n) is 15.0. The van der Waals surface area contributed by atoms with Gasteiger partial charge in [0, 0.05) is 35.7 Å². The number of carbonyl (C=O) groups excluding carboxylic acids is 2. The summed E-state index contributed by atoms with van der Waals surface area (Å²) in [6.07, 6.45) is 2.09. The zero-order valence-corrected chi connectivity index (χ0v) is 16.5. The highest BCUT2D eigenvalue weighted by Crippen LogP contribution is 2.11. The van der Waals surface area contributed by atoms with Crippen LogP contribution in [0.25, 0.3) is 0 Å². The average Bonchev–Trinajstić information content (AvgIpc) is 2.65. The topological polar surface area (TPSA) is 52.6 Å². The molecule has 0 aliphatic carbocycles. The Labute approximate surface area is 169 Å². The molecule has 0 radical (unpaired) electrons. The number of carbonyl (C=O) groups is 2. The monoisotopic (exact) mass is 408 g/mol. The minimum atomic E-state index is -0.307. The zero-order chi connectivity index (χ0) is 19.5. The molecule has 0 N–H and O–H groups in total. The number of rotatable bonds is 10. The van der Waals surface area contributed by atoms with Crippen molar-refractivity contribution in [3.8, 4) is 0 Å². The van der Waals surface area contributed by atoms with Crippen LogP contribution in [0, 0.1) is 0 Å². The van der Waals surface area contributed by atoms with Crippen molar-refractivity contribution < 1.29 is 19.1 Å². The molecule has 2 aromatic rings. The van der Waals surface area contributed by atoms with Gasteiger partial charge in [0.2, 0.25) is 0 Å². The number of benzene rings is 2. The Bertz CT molecular complexity index is 663. The van der Waals surface area contributed by atoms with E-state index in [-0.39, 0.29) is 24.8 Å². The smallest absolute Gasteiger partial charge is 0.305 e. The number of hydrogen-bond donors (Lipinski definition) is 0. The lowest BCUT2D eigenvalue weighted by Crippen LogP contribution is -2.10. The highest BCUT2D eigenvalue weighted by molar-refractivity contribution is 6.30. The SMILES string of the molecule is O=C(CCCC(=O)OCCc1ccc(Cl)cc1)OCCc1ccc(Cl)cc1. The van der Waals surface area contributed by atoms with E-state index >= 15 is 0 Å². The quantitative estimate of drug-likeness (QED) is 0.516. The first-order valence-electron chi connectivity index (χ1n) is 8.83. The molecule has 0 unspecified atom stereocenters. The molecule has 0 amide bonds. The van der Waals surface area contributed by atoms with E-state index in [0.29, 0.717) is 42.5 Å². The number of ether oxygens (including phenoxy) is 2. The second kappa shape index (κ2) is 11.6. The fourth-order valence-electron chi connectivity index (χ4n) is 2.39. The first-order chi connectivity index (χ1) is 13.0. The van der Waals surface area contributed by atoms with Gasteiger partial charge in [-0.25, -0.2) is 0 Å². The van der Waals surface area contributed by atoms with Crippen molar-refractivity contribution in [3.05, 3.63) is 69.7 Å². The van der Waals surface area contributed by atoms with E-state index in [2.05, 4.69) is 0 Å². The summed E-state index contributed by atoms with van der Waals surface area (Å²) in [5, 5.41) is 1.35. The van der Waals surface area contributed by atoms with E-state index in [1.54, 1.807) is 24.3 Å². The molecule has 0 heterocycles. The molecule has 0 saturated carbocycles. The van der Waals surface area contributed by atoms with Crippen LogP contribution in [0.5, 0.6) is 0 Å². The van der Waals surface area contributed by atoms with Crippen molar-refractivity contribution in [1.29, 1.82) is 0 Å². The highest BCUT2D eigenvalue weighted by atomic mass is 35.5. The van der Waals surface area contributed by atoms with Crippen LogP contribution in [0.2, 0.25) is 10.0 Å². The Kier molecular flexibility index (Phi) is 9.16. The molecular weight excluding hydrogens is 387 g/mol. The Morgan fingerprint density at radius 1 is 0.667 bits per heavy atom. The summed E-state index contributed by atoms with van der Waals surface area (Å²) in [6, 6.07) is 14.8. The van der Waals surface area contributed by atoms with E-state index in [1.807, 2.05) is 24.3 Å². The van der Waals surface area contributed by atoms with Gasteiger partial charge in [-0.05, 0) is 41.8 Å². The van der Waals surface area contributed by atoms with Crippen molar-refractivity contribution in [1.82, 2.24) is 0 Å². The van der Waals surface area contributed by atoms with Gasteiger partial charge in [0.05, 0.1) is 13.2 Å². The largest absolute Gasteiger partial charge is 0.465 e. The molecule has 0 aromatic heterocycles. The lowest BCUT2D eigenvalue weighted by atomic mass is 10.2. The second-order valence-electron chi connectivity index (χ2n) is 6.05. The van der Waals surface area contributed by atoms with Crippen LogP contribution in [0.15, 0.2) is 48.5 Å². The molecule has 2 aromatic carbocycles. The maximum absolute atomic E-state index is 11.7. The van der Waals surface area contributed by atoms with Gasteiger partial charge in [-0.3, -0.25) is 9.59 Å². The van der Waals surface area contributed by atoms with Crippen molar-refractivity contribution in [2.45, 2.75) is 32.1 Å². The van der Waals surface area contributed by atoms with Gasteiger partial charge >= 0.3 is 11.9 Å². The predicted octanol–water partition coefficient (Wildman–Crippen LogP) is 5.04. The average molecular weight is 409 g/mol. The third kappa shape index (κ3) is 8.94. The van der Waals surface area contributed by atoms with Crippen molar-refractivity contribution in [2.75, 3.05) is 13.2 Å². The summed E-state index contributed by atoms with van der Waals surface area (Å²) in [5.74, 6) is -0.615. The number of esters is 2. The molecule has 0 aliphatic heterocycles. The lowest BCUT2D eigenvalue weighted by molar-refractivity contribution is -0.145. The second-order valence-corrected chi connectivity index (χ2v) is 6.92. The molecule has 2 rings (SSSR count). The summed E-state index contributed by atoms with van der Waals surface area (Å²) in [5.41, 5.74) is 2.10. The molecule has 0 fully saturated rings. The van der Waals surface area contributed by atoms with Gasteiger partial charge < -0.3 is 9.47 Å². The summed E-state index contributed by atoms with van der Waals surface area (Å²) in [6.45, 7) is 0.623. The Hall–Kier alpha value is -2.04. The normalized spacial score (nSPS) is 10.4. The molecule has 4 nitrogen and oxygen atoms in total. The van der Waals surface area contributed by atoms with Crippen LogP contribution in [-0.4, -0.2) is 25.2 Å². The minimum absolute atomic E-state index is 0.201. The van der Waals surface area contributed by atoms with E-state index in [9.17, 15) is 9.59 Å². The Balaban J connectivity index is 1.51. The first-order valence-corrected chi connectivity index (χ1v) is 9.58. The minimum Gasteiger partial charge on any atom is -0.465 e. The van der Waals surface area contributed by atoms with E-state index in [1.165, 1.54) is 0 Å². The molecule has 0 spiro atoms. The maximum atomic E-state index is 11.7. The fraction of sp³-hybridized carbons (Fsp3) is 0.333. The molecule has 144 valence electrons. The molecule has 6 heteroatoms. The van der Waals surface area contributed by atoms with Gasteiger partial charge in [-0.1, -0.05) is 47.5 Å². The molecule has 0 bridgehead atoms. The summed E-state index contributed by atoms with van der Waals surface area (Å²) in [4.78, 5) is 23.4. The van der Waals surface area contributed by atoms with Gasteiger partial charge in [-0.15, -0.1) is 0 Å². The molecule has 27 heavy (non-hydrogen) atoms. The number of halogens is 2. The van der Waals surface area contributed by atoms with Crippen molar-refractivity contribution in [2.24, 2.45) is 0 Å². The lowest BCUT2D eigenvalue weighted by Gasteiger charge is -2.06.